The number of hydrogen-bond donors (Lipinski definition) is 1. The molecule has 0 radical (unpaired) electrons. The summed E-state index contributed by atoms with van der Waals surface area (Å²) >= 11 is 5.96. The monoisotopic (exact) mass is 290 g/mol. The fraction of sp³-hybridized carbons (Fsp3) is 0.455. The van der Waals surface area contributed by atoms with E-state index in [0.29, 0.717) is 38.4 Å². The van der Waals surface area contributed by atoms with Crippen molar-refractivity contribution in [3.8, 4) is 0 Å². The number of hydrogen-bond acceptors (Lipinski definition) is 4. The molecule has 0 atom stereocenters. The number of nitrogens with zero attached hydrogens (tertiary/aromatic N) is 1. The van der Waals surface area contributed by atoms with Gasteiger partial charge in [-0.15, -0.1) is 0 Å². The van der Waals surface area contributed by atoms with Crippen LogP contribution in [0.4, 0.5) is 5.69 Å². The summed E-state index contributed by atoms with van der Waals surface area (Å²) in [5, 5.41) is 0.153. The summed E-state index contributed by atoms with van der Waals surface area (Å²) in [5.74, 6) is 0. The molecule has 0 bridgehead atoms. The second-order valence-electron chi connectivity index (χ2n) is 4.06. The van der Waals surface area contributed by atoms with Crippen LogP contribution in [0.5, 0.6) is 0 Å². The van der Waals surface area contributed by atoms with Gasteiger partial charge in [0.1, 0.15) is 4.90 Å². The van der Waals surface area contributed by atoms with Crippen molar-refractivity contribution in [2.45, 2.75) is 11.3 Å². The van der Waals surface area contributed by atoms with Crippen molar-refractivity contribution in [1.82, 2.24) is 4.31 Å². The molecule has 0 saturated carbocycles. The Morgan fingerprint density at radius 1 is 1.28 bits per heavy atom. The van der Waals surface area contributed by atoms with Gasteiger partial charge in [-0.2, -0.15) is 4.31 Å². The summed E-state index contributed by atoms with van der Waals surface area (Å²) in [7, 11) is -3.57. The van der Waals surface area contributed by atoms with Gasteiger partial charge in [-0.05, 0) is 24.6 Å². The maximum Gasteiger partial charge on any atom is 0.244 e. The van der Waals surface area contributed by atoms with Crippen LogP contribution >= 0.6 is 11.6 Å². The average Bonchev–Trinajstić information content (AvgIpc) is 2.57. The Morgan fingerprint density at radius 2 is 2.06 bits per heavy atom. The number of sulfonamides is 1. The van der Waals surface area contributed by atoms with E-state index in [1.807, 2.05) is 0 Å². The summed E-state index contributed by atoms with van der Waals surface area (Å²) in [6.07, 6.45) is 0.686. The molecule has 0 spiro atoms. The predicted octanol–water partition coefficient (Wildman–Crippen LogP) is 1.33. The van der Waals surface area contributed by atoms with Gasteiger partial charge in [0.2, 0.25) is 10.0 Å². The SMILES string of the molecule is Nc1ccc(S(=O)(=O)N2CCCOCC2)c(Cl)c1. The lowest BCUT2D eigenvalue weighted by Gasteiger charge is -2.20. The van der Waals surface area contributed by atoms with Gasteiger partial charge in [0.25, 0.3) is 0 Å². The second kappa shape index (κ2) is 5.44. The summed E-state index contributed by atoms with van der Waals surface area (Å²) < 4.78 is 31.5. The van der Waals surface area contributed by atoms with Gasteiger partial charge < -0.3 is 10.5 Å². The van der Waals surface area contributed by atoms with Gasteiger partial charge in [-0.25, -0.2) is 8.42 Å². The van der Waals surface area contributed by atoms with Crippen LogP contribution in [0.3, 0.4) is 0 Å². The highest BCUT2D eigenvalue weighted by molar-refractivity contribution is 7.89. The molecule has 1 aliphatic heterocycles. The fourth-order valence-electron chi connectivity index (χ4n) is 1.83. The van der Waals surface area contributed by atoms with Gasteiger partial charge in [-0.1, -0.05) is 11.6 Å². The van der Waals surface area contributed by atoms with Crippen LogP contribution in [0, 0.1) is 0 Å². The molecule has 2 N–H and O–H groups in total. The zero-order valence-corrected chi connectivity index (χ0v) is 11.4. The summed E-state index contributed by atoms with van der Waals surface area (Å²) in [5.41, 5.74) is 6.00. The molecule has 1 saturated heterocycles. The molecule has 2 rings (SSSR count). The highest BCUT2D eigenvalue weighted by Gasteiger charge is 2.27. The van der Waals surface area contributed by atoms with Crippen LogP contribution in [-0.2, 0) is 14.8 Å². The van der Waals surface area contributed by atoms with Gasteiger partial charge in [0.05, 0.1) is 11.6 Å². The lowest BCUT2D eigenvalue weighted by atomic mass is 10.3. The van der Waals surface area contributed by atoms with Crippen LogP contribution in [-0.4, -0.2) is 39.0 Å². The van der Waals surface area contributed by atoms with Crippen molar-refractivity contribution in [3.05, 3.63) is 23.2 Å². The van der Waals surface area contributed by atoms with E-state index >= 15 is 0 Å². The highest BCUT2D eigenvalue weighted by Crippen LogP contribution is 2.27. The number of halogens is 1. The molecular formula is C11H15ClN2O3S. The molecular weight excluding hydrogens is 276 g/mol. The lowest BCUT2D eigenvalue weighted by molar-refractivity contribution is 0.148. The largest absolute Gasteiger partial charge is 0.399 e. The number of anilines is 1. The van der Waals surface area contributed by atoms with Crippen molar-refractivity contribution in [2.24, 2.45) is 0 Å². The number of rotatable bonds is 2. The molecule has 5 nitrogen and oxygen atoms in total. The van der Waals surface area contributed by atoms with E-state index in [1.165, 1.54) is 22.5 Å². The Morgan fingerprint density at radius 3 is 2.78 bits per heavy atom. The minimum atomic E-state index is -3.57. The first kappa shape index (κ1) is 13.6. The maximum atomic E-state index is 12.4. The number of nitrogens with two attached hydrogens (primary N) is 1. The van der Waals surface area contributed by atoms with Crippen molar-refractivity contribution in [1.29, 1.82) is 0 Å². The molecule has 0 aromatic heterocycles. The molecule has 18 heavy (non-hydrogen) atoms. The maximum absolute atomic E-state index is 12.4. The highest BCUT2D eigenvalue weighted by atomic mass is 35.5. The van der Waals surface area contributed by atoms with Gasteiger partial charge in [-0.3, -0.25) is 0 Å². The van der Waals surface area contributed by atoms with E-state index < -0.39 is 10.0 Å². The van der Waals surface area contributed by atoms with Crippen LogP contribution in [0.15, 0.2) is 23.1 Å². The lowest BCUT2D eigenvalue weighted by Crippen LogP contribution is -2.33. The quantitative estimate of drug-likeness (QED) is 0.834. The summed E-state index contributed by atoms with van der Waals surface area (Å²) in [6, 6.07) is 4.43. The first-order valence-corrected chi connectivity index (χ1v) is 7.46. The third-order valence-corrected chi connectivity index (χ3v) is 5.14. The summed E-state index contributed by atoms with van der Waals surface area (Å²) in [6.45, 7) is 1.79. The molecule has 1 aromatic rings. The Kier molecular flexibility index (Phi) is 4.11. The normalized spacial score (nSPS) is 18.5. The van der Waals surface area contributed by atoms with E-state index in [2.05, 4.69) is 0 Å². The standard InChI is InChI=1S/C11H15ClN2O3S/c12-10-8-9(13)2-3-11(10)18(15,16)14-4-1-6-17-7-5-14/h2-3,8H,1,4-7,13H2. The molecule has 0 amide bonds. The van der Waals surface area contributed by atoms with Gasteiger partial charge in [0.15, 0.2) is 0 Å². The van der Waals surface area contributed by atoms with Gasteiger partial charge in [0, 0.05) is 25.4 Å². The molecule has 1 fully saturated rings. The third kappa shape index (κ3) is 2.77. The molecule has 7 heteroatoms. The molecule has 100 valence electrons. The van der Waals surface area contributed by atoms with E-state index in [4.69, 9.17) is 22.1 Å². The van der Waals surface area contributed by atoms with Gasteiger partial charge >= 0.3 is 0 Å². The average molecular weight is 291 g/mol. The van der Waals surface area contributed by atoms with Crippen molar-refractivity contribution < 1.29 is 13.2 Å². The Hall–Kier alpha value is -0.820. The molecule has 1 aliphatic rings. The van der Waals surface area contributed by atoms with Crippen LogP contribution < -0.4 is 5.73 Å². The minimum Gasteiger partial charge on any atom is -0.399 e. The van der Waals surface area contributed by atoms with E-state index in [0.717, 1.165) is 0 Å². The minimum absolute atomic E-state index is 0.0975. The van der Waals surface area contributed by atoms with Crippen LogP contribution in [0.25, 0.3) is 0 Å². The smallest absolute Gasteiger partial charge is 0.244 e. The topological polar surface area (TPSA) is 72.6 Å². The second-order valence-corrected chi connectivity index (χ2v) is 6.37. The van der Waals surface area contributed by atoms with Crippen LogP contribution in [0.1, 0.15) is 6.42 Å². The molecule has 1 heterocycles. The Labute approximate surface area is 112 Å². The van der Waals surface area contributed by atoms with E-state index in [-0.39, 0.29) is 9.92 Å². The predicted molar refractivity (Wildman–Crippen MR) is 70.1 cm³/mol. The number of ether oxygens (including phenoxy) is 1. The molecule has 1 aromatic carbocycles. The third-order valence-electron chi connectivity index (χ3n) is 2.75. The zero-order valence-electron chi connectivity index (χ0n) is 9.80. The summed E-state index contributed by atoms with van der Waals surface area (Å²) in [4.78, 5) is 0.0975. The van der Waals surface area contributed by atoms with Crippen molar-refractivity contribution in [2.75, 3.05) is 32.0 Å². The molecule has 0 unspecified atom stereocenters. The fourth-order valence-corrected chi connectivity index (χ4v) is 3.82. The molecule has 0 aliphatic carbocycles. The Balaban J connectivity index is 2.34. The Bertz CT molecular complexity index is 525. The number of nitrogen functional groups attached to an aromatic ring is 1. The van der Waals surface area contributed by atoms with Crippen molar-refractivity contribution >= 4 is 27.3 Å². The first-order valence-electron chi connectivity index (χ1n) is 5.65. The zero-order chi connectivity index (χ0) is 13.2. The van der Waals surface area contributed by atoms with E-state index in [9.17, 15) is 8.42 Å². The first-order chi connectivity index (χ1) is 8.51. The van der Waals surface area contributed by atoms with E-state index in [1.54, 1.807) is 0 Å². The van der Waals surface area contributed by atoms with Crippen molar-refractivity contribution in [3.63, 3.8) is 0 Å². The van der Waals surface area contributed by atoms with Crippen LogP contribution in [0.2, 0.25) is 5.02 Å². The number of benzene rings is 1.